The number of benzene rings is 1. The second kappa shape index (κ2) is 3.78. The minimum absolute atomic E-state index is 0.216. The zero-order valence-corrected chi connectivity index (χ0v) is 7.51. The Kier molecular flexibility index (Phi) is 2.85. The van der Waals surface area contributed by atoms with Gasteiger partial charge in [-0.2, -0.15) is 13.2 Å². The molecule has 1 rings (SSSR count). The molecule has 80 valence electrons. The summed E-state index contributed by atoms with van der Waals surface area (Å²) >= 11 is 0. The summed E-state index contributed by atoms with van der Waals surface area (Å²) in [7, 11) is 0. The maximum atomic E-state index is 13.1. The molecule has 3 nitrogen and oxygen atoms in total. The van der Waals surface area contributed by atoms with Gasteiger partial charge < -0.3 is 0 Å². The van der Waals surface area contributed by atoms with E-state index in [4.69, 9.17) is 5.53 Å². The highest BCUT2D eigenvalue weighted by atomic mass is 19.4. The molecule has 1 aromatic carbocycles. The third-order valence-corrected chi connectivity index (χ3v) is 1.72. The summed E-state index contributed by atoms with van der Waals surface area (Å²) in [6.07, 6.45) is -4.59. The molecule has 0 fully saturated rings. The van der Waals surface area contributed by atoms with Crippen molar-refractivity contribution in [3.63, 3.8) is 0 Å². The molecule has 7 heteroatoms. The van der Waals surface area contributed by atoms with Crippen LogP contribution in [0.4, 0.5) is 23.2 Å². The van der Waals surface area contributed by atoms with Gasteiger partial charge in [-0.15, -0.1) is 0 Å². The van der Waals surface area contributed by atoms with Crippen LogP contribution in [-0.4, -0.2) is 0 Å². The van der Waals surface area contributed by atoms with Gasteiger partial charge in [-0.3, -0.25) is 0 Å². The lowest BCUT2D eigenvalue weighted by Gasteiger charge is -2.09. The molecule has 0 aliphatic heterocycles. The number of rotatable bonds is 1. The van der Waals surface area contributed by atoms with Crippen molar-refractivity contribution in [2.24, 2.45) is 5.11 Å². The van der Waals surface area contributed by atoms with Crippen LogP contribution in [0.1, 0.15) is 11.1 Å². The molecule has 0 unspecified atom stereocenters. The summed E-state index contributed by atoms with van der Waals surface area (Å²) in [6, 6.07) is 1.13. The molecule has 15 heavy (non-hydrogen) atoms. The Hall–Kier alpha value is -1.75. The molecule has 1 aromatic rings. The average molecular weight is 219 g/mol. The van der Waals surface area contributed by atoms with Gasteiger partial charge in [-0.25, -0.2) is 4.39 Å². The van der Waals surface area contributed by atoms with Crippen LogP contribution < -0.4 is 0 Å². The van der Waals surface area contributed by atoms with Crippen molar-refractivity contribution in [3.8, 4) is 0 Å². The van der Waals surface area contributed by atoms with Crippen LogP contribution in [0.15, 0.2) is 17.2 Å². The summed E-state index contributed by atoms with van der Waals surface area (Å²) < 4.78 is 49.9. The Morgan fingerprint density at radius 3 is 2.40 bits per heavy atom. The minimum atomic E-state index is -4.59. The number of nitrogens with zero attached hydrogens (tertiary/aromatic N) is 3. The summed E-state index contributed by atoms with van der Waals surface area (Å²) in [4.78, 5) is 2.25. The van der Waals surface area contributed by atoms with Crippen molar-refractivity contribution in [1.82, 2.24) is 0 Å². The highest BCUT2D eigenvalue weighted by Crippen LogP contribution is 2.34. The first-order valence-electron chi connectivity index (χ1n) is 3.78. The number of hydrogen-bond donors (Lipinski definition) is 0. The highest BCUT2D eigenvalue weighted by molar-refractivity contribution is 5.46. The maximum absolute atomic E-state index is 13.1. The van der Waals surface area contributed by atoms with E-state index in [0.29, 0.717) is 12.1 Å². The fourth-order valence-electron chi connectivity index (χ4n) is 1.04. The van der Waals surface area contributed by atoms with Crippen molar-refractivity contribution in [1.29, 1.82) is 0 Å². The van der Waals surface area contributed by atoms with Gasteiger partial charge in [-0.05, 0) is 30.2 Å². The van der Waals surface area contributed by atoms with Crippen molar-refractivity contribution in [3.05, 3.63) is 39.5 Å². The van der Waals surface area contributed by atoms with Gasteiger partial charge in [-0.1, -0.05) is 5.11 Å². The van der Waals surface area contributed by atoms with E-state index in [1.807, 2.05) is 0 Å². The molecular weight excluding hydrogens is 214 g/mol. The molecule has 0 bridgehead atoms. The molecule has 0 amide bonds. The second-order valence-corrected chi connectivity index (χ2v) is 2.81. The number of hydrogen-bond acceptors (Lipinski definition) is 1. The zero-order chi connectivity index (χ0) is 11.6. The van der Waals surface area contributed by atoms with Crippen molar-refractivity contribution < 1.29 is 17.6 Å². The third kappa shape index (κ3) is 2.38. The molecule has 0 aliphatic carbocycles. The van der Waals surface area contributed by atoms with Crippen LogP contribution in [0.2, 0.25) is 0 Å². The predicted molar refractivity (Wildman–Crippen MR) is 44.9 cm³/mol. The topological polar surface area (TPSA) is 48.8 Å². The first kappa shape index (κ1) is 11.3. The van der Waals surface area contributed by atoms with Gasteiger partial charge in [0.2, 0.25) is 0 Å². The summed E-state index contributed by atoms with van der Waals surface area (Å²) in [5.74, 6) is -0.944. The van der Waals surface area contributed by atoms with Crippen LogP contribution in [0.25, 0.3) is 10.4 Å². The van der Waals surface area contributed by atoms with Crippen molar-refractivity contribution >= 4 is 5.69 Å². The Morgan fingerprint density at radius 2 is 1.93 bits per heavy atom. The molecule has 0 spiro atoms. The van der Waals surface area contributed by atoms with Gasteiger partial charge in [0.25, 0.3) is 0 Å². The summed E-state index contributed by atoms with van der Waals surface area (Å²) in [6.45, 7) is 1.17. The van der Waals surface area contributed by atoms with E-state index < -0.39 is 23.2 Å². The molecule has 0 aliphatic rings. The minimum Gasteiger partial charge on any atom is -0.206 e. The lowest BCUT2D eigenvalue weighted by atomic mass is 10.1. The smallest absolute Gasteiger partial charge is 0.206 e. The van der Waals surface area contributed by atoms with Gasteiger partial charge in [0.1, 0.15) is 5.82 Å². The fraction of sp³-hybridized carbons (Fsp3) is 0.250. The largest absolute Gasteiger partial charge is 0.416 e. The quantitative estimate of drug-likeness (QED) is 0.295. The van der Waals surface area contributed by atoms with E-state index in [1.165, 1.54) is 6.92 Å². The number of aryl methyl sites for hydroxylation is 1. The van der Waals surface area contributed by atoms with Crippen LogP contribution >= 0.6 is 0 Å². The second-order valence-electron chi connectivity index (χ2n) is 2.81. The van der Waals surface area contributed by atoms with E-state index in [2.05, 4.69) is 10.0 Å². The van der Waals surface area contributed by atoms with Gasteiger partial charge in [0, 0.05) is 4.91 Å². The molecule has 0 aromatic heterocycles. The van der Waals surface area contributed by atoms with Crippen LogP contribution in [0.5, 0.6) is 0 Å². The first-order valence-corrected chi connectivity index (χ1v) is 3.78. The normalized spacial score (nSPS) is 11.0. The Balaban J connectivity index is 3.42. The van der Waals surface area contributed by atoms with E-state index in [1.54, 1.807) is 0 Å². The lowest BCUT2D eigenvalue weighted by Crippen LogP contribution is -2.05. The predicted octanol–water partition coefficient (Wildman–Crippen LogP) is 4.09. The van der Waals surface area contributed by atoms with E-state index in [-0.39, 0.29) is 5.56 Å². The average Bonchev–Trinajstić information content (AvgIpc) is 2.11. The van der Waals surface area contributed by atoms with Crippen molar-refractivity contribution in [2.75, 3.05) is 0 Å². The Labute approximate surface area is 82.0 Å². The number of alkyl halides is 3. The van der Waals surface area contributed by atoms with Crippen LogP contribution in [0, 0.1) is 12.7 Å². The molecule has 0 atom stereocenters. The molecule has 0 heterocycles. The third-order valence-electron chi connectivity index (χ3n) is 1.72. The molecule has 0 saturated carbocycles. The standard InChI is InChI=1S/C8H5F4N3/c1-4-2-5(8(10,11)12)3-6(7(4)9)14-15-13/h2-3H,1H3. The summed E-state index contributed by atoms with van der Waals surface area (Å²) in [5, 5.41) is 2.85. The highest BCUT2D eigenvalue weighted by Gasteiger charge is 2.31. The van der Waals surface area contributed by atoms with Crippen LogP contribution in [-0.2, 0) is 6.18 Å². The maximum Gasteiger partial charge on any atom is 0.416 e. The van der Waals surface area contributed by atoms with Gasteiger partial charge in [0.05, 0.1) is 11.3 Å². The van der Waals surface area contributed by atoms with Gasteiger partial charge in [0.15, 0.2) is 0 Å². The van der Waals surface area contributed by atoms with Crippen molar-refractivity contribution in [2.45, 2.75) is 13.1 Å². The monoisotopic (exact) mass is 219 g/mol. The van der Waals surface area contributed by atoms with Gasteiger partial charge >= 0.3 is 6.18 Å². The van der Waals surface area contributed by atoms with Crippen LogP contribution in [0.3, 0.4) is 0 Å². The molecule has 0 saturated heterocycles. The number of halogens is 4. The van der Waals surface area contributed by atoms with E-state index in [9.17, 15) is 17.6 Å². The van der Waals surface area contributed by atoms with E-state index >= 15 is 0 Å². The first-order chi connectivity index (χ1) is 6.86. The molecular formula is C8H5F4N3. The van der Waals surface area contributed by atoms with E-state index in [0.717, 1.165) is 0 Å². The Bertz CT molecular complexity index is 432. The SMILES string of the molecule is Cc1cc(C(F)(F)F)cc(N=[N+]=[N-])c1F. The molecule has 0 radical (unpaired) electrons. The number of azide groups is 1. The lowest BCUT2D eigenvalue weighted by molar-refractivity contribution is -0.137. The Morgan fingerprint density at radius 1 is 1.33 bits per heavy atom. The molecule has 0 N–H and O–H groups in total. The summed E-state index contributed by atoms with van der Waals surface area (Å²) in [5.41, 5.74) is 6.14. The fourth-order valence-corrected chi connectivity index (χ4v) is 1.04. The zero-order valence-electron chi connectivity index (χ0n) is 7.51.